The normalized spacial score (nSPS) is 12.5. The Bertz CT molecular complexity index is 185. The summed E-state index contributed by atoms with van der Waals surface area (Å²) in [6.07, 6.45) is 7.04. The molecule has 1 atom stereocenters. The number of amides is 1. The van der Waals surface area contributed by atoms with Gasteiger partial charge in [0.2, 0.25) is 5.91 Å². The van der Waals surface area contributed by atoms with Crippen LogP contribution in [0.5, 0.6) is 0 Å². The summed E-state index contributed by atoms with van der Waals surface area (Å²) in [6.45, 7) is 8.56. The summed E-state index contributed by atoms with van der Waals surface area (Å²) >= 11 is 0. The van der Waals surface area contributed by atoms with Crippen molar-refractivity contribution in [3.63, 3.8) is 0 Å². The van der Waals surface area contributed by atoms with Crippen LogP contribution in [0.4, 0.5) is 0 Å². The highest BCUT2D eigenvalue weighted by Gasteiger charge is 2.18. The van der Waals surface area contributed by atoms with Gasteiger partial charge in [0.25, 0.3) is 0 Å². The molecule has 3 nitrogen and oxygen atoms in total. The van der Waals surface area contributed by atoms with Crippen molar-refractivity contribution in [1.29, 1.82) is 0 Å². The molecule has 0 aromatic rings. The van der Waals surface area contributed by atoms with Crippen LogP contribution in [0.25, 0.3) is 0 Å². The Labute approximate surface area is 107 Å². The number of nitrogens with zero attached hydrogens (tertiary/aromatic N) is 1. The van der Waals surface area contributed by atoms with E-state index in [0.29, 0.717) is 6.54 Å². The minimum atomic E-state index is -0.0294. The van der Waals surface area contributed by atoms with E-state index in [2.05, 4.69) is 13.8 Å². The van der Waals surface area contributed by atoms with E-state index in [1.807, 2.05) is 11.8 Å². The van der Waals surface area contributed by atoms with Gasteiger partial charge in [0.05, 0.1) is 0 Å². The molecule has 0 saturated carbocycles. The molecule has 0 aliphatic carbocycles. The number of hydrogen-bond donors (Lipinski definition) is 1. The lowest BCUT2D eigenvalue weighted by molar-refractivity contribution is -0.134. The van der Waals surface area contributed by atoms with Crippen LogP contribution in [0.2, 0.25) is 0 Å². The SMILES string of the molecule is CCCCCN(CCCCC)C(=O)C(C)CN. The summed E-state index contributed by atoms with van der Waals surface area (Å²) < 4.78 is 0. The lowest BCUT2D eigenvalue weighted by Gasteiger charge is -2.25. The molecule has 0 aromatic carbocycles. The van der Waals surface area contributed by atoms with Crippen LogP contribution in [0, 0.1) is 5.92 Å². The number of rotatable bonds is 10. The van der Waals surface area contributed by atoms with Crippen LogP contribution >= 0.6 is 0 Å². The Hall–Kier alpha value is -0.570. The maximum Gasteiger partial charge on any atom is 0.226 e. The fraction of sp³-hybridized carbons (Fsp3) is 0.929. The molecular formula is C14H30N2O. The Morgan fingerprint density at radius 2 is 1.53 bits per heavy atom. The molecule has 0 saturated heterocycles. The van der Waals surface area contributed by atoms with Gasteiger partial charge in [-0.1, -0.05) is 46.5 Å². The van der Waals surface area contributed by atoms with Crippen LogP contribution in [0.1, 0.15) is 59.3 Å². The van der Waals surface area contributed by atoms with Crippen LogP contribution in [0.15, 0.2) is 0 Å². The summed E-state index contributed by atoms with van der Waals surface area (Å²) in [7, 11) is 0. The average molecular weight is 242 g/mol. The molecule has 1 unspecified atom stereocenters. The van der Waals surface area contributed by atoms with Crippen LogP contribution in [0.3, 0.4) is 0 Å². The van der Waals surface area contributed by atoms with Crippen molar-refractivity contribution in [2.45, 2.75) is 59.3 Å². The third-order valence-electron chi connectivity index (χ3n) is 3.15. The highest BCUT2D eigenvalue weighted by molar-refractivity contribution is 5.78. The van der Waals surface area contributed by atoms with Crippen LogP contribution < -0.4 is 5.73 Å². The molecule has 102 valence electrons. The minimum Gasteiger partial charge on any atom is -0.342 e. The highest BCUT2D eigenvalue weighted by atomic mass is 16.2. The first-order chi connectivity index (χ1) is 8.17. The van der Waals surface area contributed by atoms with Crippen molar-refractivity contribution in [3.05, 3.63) is 0 Å². The van der Waals surface area contributed by atoms with E-state index in [-0.39, 0.29) is 11.8 Å². The average Bonchev–Trinajstić information content (AvgIpc) is 2.35. The van der Waals surface area contributed by atoms with E-state index in [0.717, 1.165) is 25.9 Å². The number of hydrogen-bond acceptors (Lipinski definition) is 2. The molecule has 0 aliphatic rings. The highest BCUT2D eigenvalue weighted by Crippen LogP contribution is 2.07. The number of nitrogens with two attached hydrogens (primary N) is 1. The largest absolute Gasteiger partial charge is 0.342 e. The van der Waals surface area contributed by atoms with Gasteiger partial charge in [-0.25, -0.2) is 0 Å². The Kier molecular flexibility index (Phi) is 10.2. The summed E-state index contributed by atoms with van der Waals surface area (Å²) in [5, 5.41) is 0. The Morgan fingerprint density at radius 1 is 1.06 bits per heavy atom. The number of unbranched alkanes of at least 4 members (excludes halogenated alkanes) is 4. The zero-order valence-corrected chi connectivity index (χ0v) is 11.9. The van der Waals surface area contributed by atoms with E-state index in [1.165, 1.54) is 25.7 Å². The molecule has 0 fully saturated rings. The molecular weight excluding hydrogens is 212 g/mol. The van der Waals surface area contributed by atoms with Crippen molar-refractivity contribution in [1.82, 2.24) is 4.90 Å². The molecule has 0 rings (SSSR count). The second kappa shape index (κ2) is 10.6. The molecule has 1 amide bonds. The Balaban J connectivity index is 4.12. The first-order valence-corrected chi connectivity index (χ1v) is 7.16. The third kappa shape index (κ3) is 7.37. The standard InChI is InChI=1S/C14H30N2O/c1-4-6-8-10-16(11-9-7-5-2)14(17)13(3)12-15/h13H,4-12,15H2,1-3H3. The van der Waals surface area contributed by atoms with E-state index in [9.17, 15) is 4.79 Å². The molecule has 0 radical (unpaired) electrons. The fourth-order valence-electron chi connectivity index (χ4n) is 1.85. The van der Waals surface area contributed by atoms with E-state index in [1.54, 1.807) is 0 Å². The molecule has 3 heteroatoms. The van der Waals surface area contributed by atoms with Crippen molar-refractivity contribution < 1.29 is 4.79 Å². The van der Waals surface area contributed by atoms with Gasteiger partial charge < -0.3 is 10.6 Å². The van der Waals surface area contributed by atoms with Gasteiger partial charge in [-0.3, -0.25) is 4.79 Å². The maximum absolute atomic E-state index is 12.1. The van der Waals surface area contributed by atoms with Crippen LogP contribution in [-0.2, 0) is 4.79 Å². The van der Waals surface area contributed by atoms with Gasteiger partial charge >= 0.3 is 0 Å². The van der Waals surface area contributed by atoms with Crippen molar-refractivity contribution in [3.8, 4) is 0 Å². The maximum atomic E-state index is 12.1. The van der Waals surface area contributed by atoms with Crippen LogP contribution in [-0.4, -0.2) is 30.4 Å². The minimum absolute atomic E-state index is 0.0294. The van der Waals surface area contributed by atoms with Gasteiger partial charge in [-0.15, -0.1) is 0 Å². The molecule has 17 heavy (non-hydrogen) atoms. The van der Waals surface area contributed by atoms with Crippen molar-refractivity contribution in [2.75, 3.05) is 19.6 Å². The summed E-state index contributed by atoms with van der Waals surface area (Å²) in [5.41, 5.74) is 5.57. The summed E-state index contributed by atoms with van der Waals surface area (Å²) in [4.78, 5) is 14.1. The predicted octanol–water partition coefficient (Wildman–Crippen LogP) is 2.79. The first kappa shape index (κ1) is 16.4. The predicted molar refractivity (Wildman–Crippen MR) is 73.8 cm³/mol. The fourth-order valence-corrected chi connectivity index (χ4v) is 1.85. The lowest BCUT2D eigenvalue weighted by Crippen LogP contribution is -2.39. The topological polar surface area (TPSA) is 46.3 Å². The summed E-state index contributed by atoms with van der Waals surface area (Å²) in [6, 6.07) is 0. The quantitative estimate of drug-likeness (QED) is 0.599. The number of carbonyl (C=O) groups is 1. The van der Waals surface area contributed by atoms with E-state index >= 15 is 0 Å². The van der Waals surface area contributed by atoms with Gasteiger partial charge in [0, 0.05) is 25.6 Å². The van der Waals surface area contributed by atoms with Crippen molar-refractivity contribution in [2.24, 2.45) is 11.7 Å². The first-order valence-electron chi connectivity index (χ1n) is 7.16. The third-order valence-corrected chi connectivity index (χ3v) is 3.15. The van der Waals surface area contributed by atoms with Crippen molar-refractivity contribution >= 4 is 5.91 Å². The molecule has 0 aromatic heterocycles. The van der Waals surface area contributed by atoms with E-state index < -0.39 is 0 Å². The molecule has 0 aliphatic heterocycles. The zero-order valence-electron chi connectivity index (χ0n) is 11.9. The second-order valence-corrected chi connectivity index (χ2v) is 4.88. The molecule has 0 spiro atoms. The number of carbonyl (C=O) groups excluding carboxylic acids is 1. The van der Waals surface area contributed by atoms with Gasteiger partial charge in [-0.2, -0.15) is 0 Å². The summed E-state index contributed by atoms with van der Waals surface area (Å²) in [5.74, 6) is 0.206. The smallest absolute Gasteiger partial charge is 0.226 e. The second-order valence-electron chi connectivity index (χ2n) is 4.88. The van der Waals surface area contributed by atoms with Gasteiger partial charge in [-0.05, 0) is 12.8 Å². The Morgan fingerprint density at radius 3 is 1.88 bits per heavy atom. The van der Waals surface area contributed by atoms with E-state index in [4.69, 9.17) is 5.73 Å². The lowest BCUT2D eigenvalue weighted by atomic mass is 10.1. The molecule has 0 bridgehead atoms. The zero-order chi connectivity index (χ0) is 13.1. The monoisotopic (exact) mass is 242 g/mol. The molecule has 0 heterocycles. The van der Waals surface area contributed by atoms with Gasteiger partial charge in [0.1, 0.15) is 0 Å². The van der Waals surface area contributed by atoms with Gasteiger partial charge in [0.15, 0.2) is 0 Å². The molecule has 2 N–H and O–H groups in total.